The van der Waals surface area contributed by atoms with Crippen molar-refractivity contribution in [2.75, 3.05) is 0 Å². The smallest absolute Gasteiger partial charge is 0.456 e. The molecule has 0 spiro atoms. The van der Waals surface area contributed by atoms with Crippen molar-refractivity contribution in [2.24, 2.45) is 0 Å². The number of benzene rings is 1. The third kappa shape index (κ3) is 2.18. The Morgan fingerprint density at radius 3 is 2.35 bits per heavy atom. The Labute approximate surface area is 139 Å². The third-order valence-corrected chi connectivity index (χ3v) is 5.03. The number of halogens is 1. The molecule has 23 heavy (non-hydrogen) atoms. The molecule has 1 saturated heterocycles. The van der Waals surface area contributed by atoms with Gasteiger partial charge in [0.15, 0.2) is 0 Å². The largest absolute Gasteiger partial charge is 0.515 e. The minimum absolute atomic E-state index is 0.362. The van der Waals surface area contributed by atoms with E-state index in [0.717, 1.165) is 16.4 Å². The van der Waals surface area contributed by atoms with Crippen molar-refractivity contribution in [2.45, 2.75) is 38.9 Å². The Bertz CT molecular complexity index is 903. The number of hydrogen-bond donors (Lipinski definition) is 0. The van der Waals surface area contributed by atoms with Gasteiger partial charge in [-0.15, -0.1) is 0 Å². The summed E-state index contributed by atoms with van der Waals surface area (Å²) >= 11 is 6.19. The van der Waals surface area contributed by atoms with E-state index in [2.05, 4.69) is 4.98 Å². The lowest BCUT2D eigenvalue weighted by molar-refractivity contribution is 0.00578. The average Bonchev–Trinajstić information content (AvgIpc) is 2.92. The van der Waals surface area contributed by atoms with Crippen molar-refractivity contribution < 1.29 is 13.7 Å². The Balaban J connectivity index is 1.97. The molecule has 0 radical (unpaired) electrons. The molecule has 0 atom stereocenters. The summed E-state index contributed by atoms with van der Waals surface area (Å²) < 4.78 is 18.2. The predicted octanol–water partition coefficient (Wildman–Crippen LogP) is 3.93. The summed E-state index contributed by atoms with van der Waals surface area (Å²) in [6, 6.07) is 9.57. The second-order valence-corrected chi connectivity index (χ2v) is 7.28. The fourth-order valence-electron chi connectivity index (χ4n) is 2.87. The maximum absolute atomic E-state index is 6.19. The van der Waals surface area contributed by atoms with Gasteiger partial charge >= 0.3 is 7.12 Å². The van der Waals surface area contributed by atoms with Gasteiger partial charge < -0.3 is 13.7 Å². The van der Waals surface area contributed by atoms with Gasteiger partial charge in [-0.1, -0.05) is 29.8 Å². The van der Waals surface area contributed by atoms with Gasteiger partial charge in [0.05, 0.1) is 16.8 Å². The van der Waals surface area contributed by atoms with Crippen LogP contribution in [-0.4, -0.2) is 23.3 Å². The normalized spacial score (nSPS) is 19.8. The van der Waals surface area contributed by atoms with Gasteiger partial charge in [0, 0.05) is 16.8 Å². The van der Waals surface area contributed by atoms with Crippen LogP contribution in [0.3, 0.4) is 0 Å². The zero-order chi connectivity index (χ0) is 16.4. The van der Waals surface area contributed by atoms with Crippen molar-refractivity contribution in [3.8, 4) is 0 Å². The van der Waals surface area contributed by atoms with Crippen LogP contribution in [0.4, 0.5) is 0 Å². The lowest BCUT2D eigenvalue weighted by Gasteiger charge is -2.32. The number of pyridine rings is 1. The Kier molecular flexibility index (Phi) is 3.08. The number of rotatable bonds is 1. The first-order valence-corrected chi connectivity index (χ1v) is 8.00. The van der Waals surface area contributed by atoms with E-state index < -0.39 is 18.3 Å². The van der Waals surface area contributed by atoms with Crippen LogP contribution in [0.2, 0.25) is 5.15 Å². The van der Waals surface area contributed by atoms with Gasteiger partial charge in [-0.2, -0.15) is 0 Å². The van der Waals surface area contributed by atoms with E-state index in [1.165, 1.54) is 0 Å². The molecular weight excluding hydrogens is 312 g/mol. The second kappa shape index (κ2) is 4.73. The Morgan fingerprint density at radius 2 is 1.65 bits per heavy atom. The number of furan rings is 1. The van der Waals surface area contributed by atoms with Crippen molar-refractivity contribution in [1.82, 2.24) is 4.98 Å². The van der Waals surface area contributed by atoms with Crippen molar-refractivity contribution in [1.29, 1.82) is 0 Å². The molecule has 2 aromatic heterocycles. The third-order valence-electron chi connectivity index (χ3n) is 4.83. The molecule has 118 valence electrons. The van der Waals surface area contributed by atoms with Crippen LogP contribution < -0.4 is 5.59 Å². The molecule has 3 aromatic rings. The standard InChI is InChI=1S/C17H17BClNO3/c1-16(2)17(3,4)23-18(22-16)15-14-10-7-5-6-8-11(10)21-12(14)9-13(19)20-15/h5-9H,1-4H3. The highest BCUT2D eigenvalue weighted by atomic mass is 35.5. The second-order valence-electron chi connectivity index (χ2n) is 6.89. The van der Waals surface area contributed by atoms with E-state index in [9.17, 15) is 0 Å². The van der Waals surface area contributed by atoms with Crippen LogP contribution in [-0.2, 0) is 9.31 Å². The monoisotopic (exact) mass is 329 g/mol. The summed E-state index contributed by atoms with van der Waals surface area (Å²) in [5.74, 6) is 0. The molecule has 4 rings (SSSR count). The SMILES string of the molecule is CC1(C)OB(c2nc(Cl)cc3oc4ccccc4c23)OC1(C)C. The number of aromatic nitrogens is 1. The van der Waals surface area contributed by atoms with E-state index in [4.69, 9.17) is 25.3 Å². The first kappa shape index (κ1) is 15.0. The summed E-state index contributed by atoms with van der Waals surface area (Å²) in [4.78, 5) is 4.49. The quantitative estimate of drug-likeness (QED) is 0.501. The summed E-state index contributed by atoms with van der Waals surface area (Å²) in [7, 11) is -0.581. The van der Waals surface area contributed by atoms with Gasteiger partial charge in [-0.25, -0.2) is 4.98 Å². The van der Waals surface area contributed by atoms with Crippen LogP contribution in [0, 0.1) is 0 Å². The molecule has 3 heterocycles. The minimum Gasteiger partial charge on any atom is -0.456 e. The molecule has 0 amide bonds. The van der Waals surface area contributed by atoms with Gasteiger partial charge in [-0.3, -0.25) is 0 Å². The van der Waals surface area contributed by atoms with E-state index in [1.54, 1.807) is 6.07 Å². The zero-order valence-corrected chi connectivity index (χ0v) is 14.3. The van der Waals surface area contributed by atoms with Crippen molar-refractivity contribution >= 4 is 46.3 Å². The zero-order valence-electron chi connectivity index (χ0n) is 13.5. The number of para-hydroxylation sites is 1. The van der Waals surface area contributed by atoms with E-state index in [1.807, 2.05) is 52.0 Å². The van der Waals surface area contributed by atoms with Crippen molar-refractivity contribution in [3.05, 3.63) is 35.5 Å². The molecule has 0 aliphatic carbocycles. The number of fused-ring (bicyclic) bond motifs is 3. The van der Waals surface area contributed by atoms with E-state index in [-0.39, 0.29) is 0 Å². The molecule has 6 heteroatoms. The molecule has 0 unspecified atom stereocenters. The first-order valence-electron chi connectivity index (χ1n) is 7.62. The molecule has 1 aromatic carbocycles. The van der Waals surface area contributed by atoms with Crippen LogP contribution >= 0.6 is 11.6 Å². The summed E-state index contributed by atoms with van der Waals surface area (Å²) in [5, 5.41) is 2.24. The average molecular weight is 330 g/mol. The fourth-order valence-corrected chi connectivity index (χ4v) is 3.06. The maximum atomic E-state index is 6.19. The van der Waals surface area contributed by atoms with Crippen LogP contribution in [0.25, 0.3) is 21.9 Å². The molecule has 1 aliphatic heterocycles. The van der Waals surface area contributed by atoms with Crippen molar-refractivity contribution in [3.63, 3.8) is 0 Å². The predicted molar refractivity (Wildman–Crippen MR) is 92.2 cm³/mol. The molecule has 0 bridgehead atoms. The molecule has 1 aliphatic rings. The molecule has 0 N–H and O–H groups in total. The molecule has 1 fully saturated rings. The fraction of sp³-hybridized carbons (Fsp3) is 0.353. The molecular formula is C17H17BClNO3. The lowest BCUT2D eigenvalue weighted by atomic mass is 9.81. The maximum Gasteiger partial charge on any atom is 0.515 e. The Hall–Kier alpha value is -1.56. The van der Waals surface area contributed by atoms with Crippen LogP contribution in [0.1, 0.15) is 27.7 Å². The van der Waals surface area contributed by atoms with Gasteiger partial charge in [0.25, 0.3) is 0 Å². The minimum atomic E-state index is -0.581. The Morgan fingerprint density at radius 1 is 1.00 bits per heavy atom. The summed E-state index contributed by atoms with van der Waals surface area (Å²) in [6.45, 7) is 8.06. The lowest BCUT2D eigenvalue weighted by Crippen LogP contribution is -2.41. The first-order chi connectivity index (χ1) is 10.8. The van der Waals surface area contributed by atoms with E-state index in [0.29, 0.717) is 16.3 Å². The highest BCUT2D eigenvalue weighted by Gasteiger charge is 2.53. The van der Waals surface area contributed by atoms with Gasteiger partial charge in [-0.05, 0) is 33.8 Å². The van der Waals surface area contributed by atoms with Gasteiger partial charge in [0.2, 0.25) is 0 Å². The number of nitrogens with zero attached hydrogens (tertiary/aromatic N) is 1. The topological polar surface area (TPSA) is 44.5 Å². The van der Waals surface area contributed by atoms with Crippen LogP contribution in [0.5, 0.6) is 0 Å². The highest BCUT2D eigenvalue weighted by Crippen LogP contribution is 2.38. The number of hydrogen-bond acceptors (Lipinski definition) is 4. The summed E-state index contributed by atoms with van der Waals surface area (Å²) in [5.41, 5.74) is 1.28. The summed E-state index contributed by atoms with van der Waals surface area (Å²) in [6.07, 6.45) is 0. The molecule has 0 saturated carbocycles. The van der Waals surface area contributed by atoms with Gasteiger partial charge in [0.1, 0.15) is 16.3 Å². The van der Waals surface area contributed by atoms with Crippen LogP contribution in [0.15, 0.2) is 34.7 Å². The molecule has 4 nitrogen and oxygen atoms in total. The van der Waals surface area contributed by atoms with E-state index >= 15 is 0 Å². The highest BCUT2D eigenvalue weighted by molar-refractivity contribution is 6.65.